The molecule has 2 heterocycles. The molecule has 2 nitrogen and oxygen atoms in total. The van der Waals surface area contributed by atoms with E-state index in [-0.39, 0.29) is 0 Å². The maximum Gasteiger partial charge on any atom is 0.132 e. The molecule has 0 atom stereocenters. The van der Waals surface area contributed by atoms with E-state index in [0.29, 0.717) is 0 Å². The topological polar surface area (TPSA) is 12.5 Å². The van der Waals surface area contributed by atoms with Crippen LogP contribution in [0.2, 0.25) is 0 Å². The summed E-state index contributed by atoms with van der Waals surface area (Å²) in [6, 6.07) is 107. The summed E-state index contributed by atoms with van der Waals surface area (Å²) in [5.41, 5.74) is 24.2. The molecular formula is C75H47NOS. The monoisotopic (exact) mass is 1010 g/mol. The fourth-order valence-electron chi connectivity index (χ4n) is 15.0. The van der Waals surface area contributed by atoms with Crippen molar-refractivity contribution in [3.63, 3.8) is 0 Å². The second-order valence-corrected chi connectivity index (χ2v) is 22.4. The van der Waals surface area contributed by atoms with E-state index in [4.69, 9.17) is 4.74 Å². The average Bonchev–Trinajstić information content (AvgIpc) is 3.61. The minimum absolute atomic E-state index is 0.547. The molecular weight excluding hydrogens is 963 g/mol. The molecule has 3 heteroatoms. The van der Waals surface area contributed by atoms with Gasteiger partial charge in [-0.15, -0.1) is 0 Å². The first-order chi connectivity index (χ1) is 38.7. The Morgan fingerprint density at radius 3 is 1.12 bits per heavy atom. The molecule has 5 aliphatic rings. The number of nitrogens with zero attached hydrogens (tertiary/aromatic N) is 1. The highest BCUT2D eigenvalue weighted by Gasteiger charge is 2.53. The van der Waals surface area contributed by atoms with Gasteiger partial charge in [-0.3, -0.25) is 0 Å². The number of hydrogen-bond acceptors (Lipinski definition) is 3. The Balaban J connectivity index is 0.960. The van der Waals surface area contributed by atoms with Crippen LogP contribution >= 0.6 is 11.8 Å². The number of ether oxygens (including phenoxy) is 1. The first-order valence-corrected chi connectivity index (χ1v) is 27.9. The van der Waals surface area contributed by atoms with Crippen LogP contribution in [0.5, 0.6) is 11.5 Å². The smallest absolute Gasteiger partial charge is 0.132 e. The van der Waals surface area contributed by atoms with Gasteiger partial charge < -0.3 is 9.64 Å². The first kappa shape index (κ1) is 43.8. The normalized spacial score (nSPS) is 15.0. The van der Waals surface area contributed by atoms with Gasteiger partial charge in [-0.1, -0.05) is 236 Å². The minimum atomic E-state index is -0.587. The summed E-state index contributed by atoms with van der Waals surface area (Å²) in [5.74, 6) is 1.78. The van der Waals surface area contributed by atoms with E-state index >= 15 is 0 Å². The molecule has 364 valence electrons. The third-order valence-corrected chi connectivity index (χ3v) is 19.0. The summed E-state index contributed by atoms with van der Waals surface area (Å²) in [6.45, 7) is 0. The lowest BCUT2D eigenvalue weighted by Gasteiger charge is -2.40. The Morgan fingerprint density at radius 2 is 0.590 bits per heavy atom. The van der Waals surface area contributed by atoms with E-state index in [1.54, 1.807) is 0 Å². The number of hydrogen-bond donors (Lipinski definition) is 0. The first-order valence-electron chi connectivity index (χ1n) is 27.1. The molecule has 0 aromatic heterocycles. The molecule has 0 fully saturated rings. The molecule has 0 unspecified atom stereocenters. The Labute approximate surface area is 458 Å². The highest BCUT2D eigenvalue weighted by atomic mass is 32.2. The Morgan fingerprint density at radius 1 is 0.244 bits per heavy atom. The van der Waals surface area contributed by atoms with Crippen LogP contribution in [0.15, 0.2) is 295 Å². The summed E-state index contributed by atoms with van der Waals surface area (Å²) in [4.78, 5) is 5.13. The van der Waals surface area contributed by atoms with Gasteiger partial charge in [0, 0.05) is 38.0 Å². The van der Waals surface area contributed by atoms with Crippen LogP contribution in [0.1, 0.15) is 66.8 Å². The fourth-order valence-corrected chi connectivity index (χ4v) is 16.2. The van der Waals surface area contributed by atoms with E-state index in [2.05, 4.69) is 290 Å². The zero-order valence-corrected chi connectivity index (χ0v) is 43.2. The van der Waals surface area contributed by atoms with Crippen molar-refractivity contribution >= 4 is 28.8 Å². The predicted molar refractivity (Wildman–Crippen MR) is 317 cm³/mol. The van der Waals surface area contributed by atoms with Crippen molar-refractivity contribution in [3.05, 3.63) is 352 Å². The number of anilines is 3. The van der Waals surface area contributed by atoms with Crippen molar-refractivity contribution < 1.29 is 4.74 Å². The van der Waals surface area contributed by atoms with Crippen molar-refractivity contribution in [3.8, 4) is 44.9 Å². The Bertz CT molecular complexity index is 4350. The lowest BCUT2D eigenvalue weighted by atomic mass is 9.66. The summed E-state index contributed by atoms with van der Waals surface area (Å²) < 4.78 is 6.75. The van der Waals surface area contributed by atoms with Crippen LogP contribution in [0.25, 0.3) is 33.4 Å². The van der Waals surface area contributed by atoms with Crippen LogP contribution < -0.4 is 9.64 Å². The van der Waals surface area contributed by atoms with Crippen LogP contribution in [-0.4, -0.2) is 0 Å². The van der Waals surface area contributed by atoms with Gasteiger partial charge in [-0.25, -0.2) is 0 Å². The molecule has 0 radical (unpaired) electrons. The second kappa shape index (κ2) is 16.3. The molecule has 0 amide bonds. The van der Waals surface area contributed by atoms with E-state index < -0.39 is 16.2 Å². The van der Waals surface area contributed by atoms with Gasteiger partial charge in [0.1, 0.15) is 11.5 Å². The van der Waals surface area contributed by atoms with Crippen LogP contribution in [-0.2, 0) is 16.2 Å². The molecule has 0 N–H and O–H groups in total. The standard InChI is InChI=1S/C75H47NOS/c1-3-21-48(22-4-1)73(49-23-5-2-6-24-49)59-28-10-7-25-53(59)56-42-39-51(46-67(56)73)76(50-41-44-62-58(45-50)55-27-9-12-30-61(55)74(62)63-31-13-17-35-69(63)77-70-36-18-14-32-64(70)74)52-40-43-57-54-26-8-11-29-60(54)75(68(57)47-52)65-33-15-19-37-71(65)78-72-38-20-16-34-66(72)75/h1-47H. The van der Waals surface area contributed by atoms with Gasteiger partial charge in [-0.05, 0) is 150 Å². The number of benzene rings is 12. The molecule has 0 saturated carbocycles. The highest BCUT2D eigenvalue weighted by molar-refractivity contribution is 7.99. The third-order valence-electron chi connectivity index (χ3n) is 17.9. The maximum atomic E-state index is 6.75. The van der Waals surface area contributed by atoms with E-state index in [9.17, 15) is 0 Å². The van der Waals surface area contributed by atoms with Crippen molar-refractivity contribution in [2.75, 3.05) is 4.90 Å². The number of fused-ring (bicyclic) bond motifs is 21. The maximum absolute atomic E-state index is 6.75. The Hall–Kier alpha value is -9.41. The van der Waals surface area contributed by atoms with Crippen molar-refractivity contribution in [2.45, 2.75) is 26.0 Å². The van der Waals surface area contributed by atoms with Crippen molar-refractivity contribution in [2.24, 2.45) is 0 Å². The quantitative estimate of drug-likeness (QED) is 0.170. The molecule has 2 aliphatic heterocycles. The van der Waals surface area contributed by atoms with Gasteiger partial charge in [0.05, 0.1) is 16.2 Å². The van der Waals surface area contributed by atoms with E-state index in [1.807, 2.05) is 11.8 Å². The number of rotatable bonds is 5. The van der Waals surface area contributed by atoms with Gasteiger partial charge in [0.25, 0.3) is 0 Å². The van der Waals surface area contributed by atoms with E-state index in [1.165, 1.54) is 98.8 Å². The molecule has 17 rings (SSSR count). The minimum Gasteiger partial charge on any atom is -0.457 e. The third kappa shape index (κ3) is 5.58. The summed E-state index contributed by atoms with van der Waals surface area (Å²) >= 11 is 1.89. The molecule has 2 spiro atoms. The summed E-state index contributed by atoms with van der Waals surface area (Å²) in [6.07, 6.45) is 0. The van der Waals surface area contributed by atoms with Crippen LogP contribution in [0.4, 0.5) is 17.1 Å². The average molecular weight is 1010 g/mol. The van der Waals surface area contributed by atoms with Gasteiger partial charge in [0.15, 0.2) is 0 Å². The molecule has 3 aliphatic carbocycles. The molecule has 12 aromatic carbocycles. The van der Waals surface area contributed by atoms with Gasteiger partial charge in [0.2, 0.25) is 0 Å². The SMILES string of the molecule is c1ccc(C2(c3ccccc3)c3ccccc3-c3ccc(N(c4ccc5c(c4)-c4ccccc4C54c5ccccc5Oc5ccccc54)c4ccc5c(c4)C4(c6ccccc6Sc6ccccc64)c4ccccc4-5)cc32)cc1. The van der Waals surface area contributed by atoms with Crippen molar-refractivity contribution in [1.82, 2.24) is 0 Å². The fraction of sp³-hybridized carbons (Fsp3) is 0.0400. The molecule has 78 heavy (non-hydrogen) atoms. The second-order valence-electron chi connectivity index (χ2n) is 21.3. The summed E-state index contributed by atoms with van der Waals surface area (Å²) in [7, 11) is 0. The lowest BCUT2D eigenvalue weighted by Crippen LogP contribution is -2.32. The number of para-hydroxylation sites is 2. The van der Waals surface area contributed by atoms with Crippen LogP contribution in [0.3, 0.4) is 0 Å². The van der Waals surface area contributed by atoms with E-state index in [0.717, 1.165) is 39.7 Å². The lowest BCUT2D eigenvalue weighted by molar-refractivity contribution is 0.436. The molecule has 0 saturated heterocycles. The Kier molecular flexibility index (Phi) is 9.15. The molecule has 12 aromatic rings. The van der Waals surface area contributed by atoms with Crippen LogP contribution in [0, 0.1) is 0 Å². The van der Waals surface area contributed by atoms with Crippen molar-refractivity contribution in [1.29, 1.82) is 0 Å². The van der Waals surface area contributed by atoms with Gasteiger partial charge in [-0.2, -0.15) is 0 Å². The summed E-state index contributed by atoms with van der Waals surface area (Å²) in [5, 5.41) is 0. The van der Waals surface area contributed by atoms with Gasteiger partial charge >= 0.3 is 0 Å². The molecule has 0 bridgehead atoms. The predicted octanol–water partition coefficient (Wildman–Crippen LogP) is 18.8. The zero-order chi connectivity index (χ0) is 51.2. The highest BCUT2D eigenvalue weighted by Crippen LogP contribution is 2.65. The largest absolute Gasteiger partial charge is 0.457 e. The zero-order valence-electron chi connectivity index (χ0n) is 42.4.